The molecule has 0 aliphatic carbocycles. The maximum Gasteiger partial charge on any atom is 0.471 e. The molecule has 1 N–H and O–H groups in total. The number of rotatable bonds is 3. The third-order valence-electron chi connectivity index (χ3n) is 2.77. The van der Waals surface area contributed by atoms with Crippen LogP contribution in [0.1, 0.15) is 10.4 Å². The normalized spacial score (nSPS) is 11.2. The third-order valence-corrected chi connectivity index (χ3v) is 3.40. The molecule has 1 heterocycles. The summed E-state index contributed by atoms with van der Waals surface area (Å²) in [5.74, 6) is -4.28. The molecule has 2 rings (SSSR count). The molecule has 0 fully saturated rings. The van der Waals surface area contributed by atoms with Crippen LogP contribution in [0.2, 0.25) is 10.0 Å². The Bertz CT molecular complexity index is 785. The quantitative estimate of drug-likeness (QED) is 0.813. The Labute approximate surface area is 142 Å². The highest BCUT2D eigenvalue weighted by Crippen LogP contribution is 2.38. The topological polar surface area (TPSA) is 81.4 Å². The maximum atomic E-state index is 12.4. The number of hydrogen-bond acceptors (Lipinski definition) is 5. The van der Waals surface area contributed by atoms with E-state index in [1.807, 2.05) is 0 Å². The summed E-state index contributed by atoms with van der Waals surface area (Å²) < 4.78 is 46.3. The highest BCUT2D eigenvalue weighted by atomic mass is 35.5. The highest BCUT2D eigenvalue weighted by Gasteiger charge is 2.41. The van der Waals surface area contributed by atoms with Gasteiger partial charge in [-0.25, -0.2) is 4.79 Å². The number of carbonyl (C=O) groups is 2. The number of alkyl halides is 3. The summed E-state index contributed by atoms with van der Waals surface area (Å²) in [5.41, 5.74) is -0.780. The Morgan fingerprint density at radius 3 is 2.33 bits per heavy atom. The number of carbonyl (C=O) groups excluding carboxylic acids is 2. The molecule has 0 unspecified atom stereocenters. The number of aromatic nitrogens is 1. The van der Waals surface area contributed by atoms with Crippen LogP contribution in [0.15, 0.2) is 22.7 Å². The average Bonchev–Trinajstić information content (AvgIpc) is 2.88. The molecule has 1 amide bonds. The molecule has 24 heavy (non-hydrogen) atoms. The van der Waals surface area contributed by atoms with Crippen molar-refractivity contribution >= 4 is 41.0 Å². The zero-order valence-corrected chi connectivity index (χ0v) is 13.2. The monoisotopic (exact) mass is 382 g/mol. The minimum absolute atomic E-state index is 0.0393. The second kappa shape index (κ2) is 6.70. The minimum atomic E-state index is -5.19. The number of methoxy groups -OCH3 is 1. The Morgan fingerprint density at radius 2 is 1.83 bits per heavy atom. The number of ether oxygens (including phenoxy) is 1. The fourth-order valence-electron chi connectivity index (χ4n) is 1.74. The van der Waals surface area contributed by atoms with Gasteiger partial charge in [-0.15, -0.1) is 0 Å². The number of esters is 1. The number of nitrogens with zero attached hydrogens (tertiary/aromatic N) is 1. The summed E-state index contributed by atoms with van der Waals surface area (Å²) in [5, 5.41) is 5.03. The summed E-state index contributed by atoms with van der Waals surface area (Å²) in [7, 11) is 0.989. The lowest BCUT2D eigenvalue weighted by Gasteiger charge is -2.07. The van der Waals surface area contributed by atoms with Crippen LogP contribution < -0.4 is 5.32 Å². The predicted molar refractivity (Wildman–Crippen MR) is 78.0 cm³/mol. The van der Waals surface area contributed by atoms with Crippen LogP contribution >= 0.6 is 23.2 Å². The van der Waals surface area contributed by atoms with E-state index in [1.165, 1.54) is 23.5 Å². The molecule has 0 atom stereocenters. The minimum Gasteiger partial charge on any atom is -0.465 e. The molecule has 1 aromatic carbocycles. The first-order valence-electron chi connectivity index (χ1n) is 6.07. The molecule has 6 nitrogen and oxygen atoms in total. The molecular weight excluding hydrogens is 376 g/mol. The van der Waals surface area contributed by atoms with Gasteiger partial charge in [-0.1, -0.05) is 34.4 Å². The summed E-state index contributed by atoms with van der Waals surface area (Å²) in [6.45, 7) is 0. The lowest BCUT2D eigenvalue weighted by Crippen LogP contribution is -2.30. The number of nitrogens with one attached hydrogen (secondary N) is 1. The molecule has 0 aliphatic heterocycles. The first-order valence-corrected chi connectivity index (χ1v) is 6.83. The van der Waals surface area contributed by atoms with Crippen molar-refractivity contribution in [1.29, 1.82) is 0 Å². The zero-order chi connectivity index (χ0) is 18.1. The molecule has 2 aromatic rings. The van der Waals surface area contributed by atoms with Crippen LogP contribution in [0.3, 0.4) is 0 Å². The molecule has 0 radical (unpaired) electrons. The lowest BCUT2D eigenvalue weighted by molar-refractivity contribution is -0.167. The van der Waals surface area contributed by atoms with E-state index in [4.69, 9.17) is 23.2 Å². The van der Waals surface area contributed by atoms with Crippen LogP contribution in [-0.2, 0) is 9.53 Å². The van der Waals surface area contributed by atoms with Gasteiger partial charge < -0.3 is 9.26 Å². The molecule has 1 aromatic heterocycles. The van der Waals surface area contributed by atoms with Crippen LogP contribution in [0.25, 0.3) is 11.3 Å². The van der Waals surface area contributed by atoms with Gasteiger partial charge in [-0.05, 0) is 12.1 Å². The largest absolute Gasteiger partial charge is 0.471 e. The molecule has 0 aliphatic rings. The molecule has 11 heteroatoms. The van der Waals surface area contributed by atoms with E-state index >= 15 is 0 Å². The number of halogens is 5. The predicted octanol–water partition coefficient (Wildman–Crippen LogP) is 3.94. The smallest absolute Gasteiger partial charge is 0.465 e. The standard InChI is InChI=1S/C13H7Cl2F3N2O4/c1-23-11(21)8-9(7-5(14)3-2-4-6(7)15)20-24-10(8)19-12(22)13(16,17)18/h2-4H,1H3,(H,19,22). The molecular formula is C13H7Cl2F3N2O4. The van der Waals surface area contributed by atoms with Crippen molar-refractivity contribution in [3.05, 3.63) is 33.8 Å². The van der Waals surface area contributed by atoms with Crippen LogP contribution in [0.4, 0.5) is 19.1 Å². The van der Waals surface area contributed by atoms with E-state index < -0.39 is 29.5 Å². The van der Waals surface area contributed by atoms with E-state index in [-0.39, 0.29) is 21.3 Å². The van der Waals surface area contributed by atoms with Gasteiger partial charge in [0.25, 0.3) is 0 Å². The van der Waals surface area contributed by atoms with Gasteiger partial charge in [0.1, 0.15) is 5.69 Å². The second-order valence-electron chi connectivity index (χ2n) is 4.28. The Kier molecular flexibility index (Phi) is 5.05. The first kappa shape index (κ1) is 18.1. The molecule has 128 valence electrons. The summed E-state index contributed by atoms with van der Waals surface area (Å²) in [6, 6.07) is 4.36. The van der Waals surface area contributed by atoms with Gasteiger partial charge in [0.15, 0.2) is 5.56 Å². The Balaban J connectivity index is 2.59. The molecule has 0 saturated heterocycles. The molecule has 0 spiro atoms. The van der Waals surface area contributed by atoms with Crippen molar-refractivity contribution in [1.82, 2.24) is 5.16 Å². The van der Waals surface area contributed by atoms with E-state index in [0.29, 0.717) is 0 Å². The van der Waals surface area contributed by atoms with E-state index in [2.05, 4.69) is 14.4 Å². The first-order chi connectivity index (χ1) is 11.2. The number of anilines is 1. The number of hydrogen-bond donors (Lipinski definition) is 1. The van der Waals surface area contributed by atoms with Crippen molar-refractivity contribution < 1.29 is 32.0 Å². The third kappa shape index (κ3) is 3.46. The van der Waals surface area contributed by atoms with Crippen molar-refractivity contribution in [2.45, 2.75) is 6.18 Å². The summed E-state index contributed by atoms with van der Waals surface area (Å²) in [4.78, 5) is 23.0. The van der Waals surface area contributed by atoms with Gasteiger partial charge in [-0.3, -0.25) is 10.1 Å². The molecule has 0 saturated carbocycles. The van der Waals surface area contributed by atoms with Gasteiger partial charge in [0, 0.05) is 5.56 Å². The highest BCUT2D eigenvalue weighted by molar-refractivity contribution is 6.39. The van der Waals surface area contributed by atoms with Gasteiger partial charge >= 0.3 is 18.1 Å². The van der Waals surface area contributed by atoms with Crippen LogP contribution in [0, 0.1) is 0 Å². The lowest BCUT2D eigenvalue weighted by atomic mass is 10.1. The second-order valence-corrected chi connectivity index (χ2v) is 5.09. The van der Waals surface area contributed by atoms with Crippen LogP contribution in [0.5, 0.6) is 0 Å². The van der Waals surface area contributed by atoms with Gasteiger partial charge in [0.05, 0.1) is 17.2 Å². The van der Waals surface area contributed by atoms with Crippen molar-refractivity contribution in [2.75, 3.05) is 12.4 Å². The van der Waals surface area contributed by atoms with Crippen molar-refractivity contribution in [2.24, 2.45) is 0 Å². The fourth-order valence-corrected chi connectivity index (χ4v) is 2.31. The van der Waals surface area contributed by atoms with E-state index in [9.17, 15) is 22.8 Å². The van der Waals surface area contributed by atoms with E-state index in [1.54, 1.807) is 0 Å². The summed E-state index contributed by atoms with van der Waals surface area (Å²) in [6.07, 6.45) is -5.19. The average molecular weight is 383 g/mol. The van der Waals surface area contributed by atoms with Crippen molar-refractivity contribution in [3.63, 3.8) is 0 Å². The Hall–Kier alpha value is -2.26. The van der Waals surface area contributed by atoms with E-state index in [0.717, 1.165) is 7.11 Å². The number of benzene rings is 1. The SMILES string of the molecule is COC(=O)c1c(-c2c(Cl)cccc2Cl)noc1NC(=O)C(F)(F)F. The number of amides is 1. The van der Waals surface area contributed by atoms with Gasteiger partial charge in [-0.2, -0.15) is 13.2 Å². The fraction of sp³-hybridized carbons (Fsp3) is 0.154. The Morgan fingerprint density at radius 1 is 1.25 bits per heavy atom. The van der Waals surface area contributed by atoms with Gasteiger partial charge in [0.2, 0.25) is 5.88 Å². The zero-order valence-electron chi connectivity index (χ0n) is 11.7. The van der Waals surface area contributed by atoms with Crippen molar-refractivity contribution in [3.8, 4) is 11.3 Å². The summed E-state index contributed by atoms with van der Waals surface area (Å²) >= 11 is 12.0. The van der Waals surface area contributed by atoms with Crippen LogP contribution in [-0.4, -0.2) is 30.3 Å². The molecule has 0 bridgehead atoms. The maximum absolute atomic E-state index is 12.4.